The lowest BCUT2D eigenvalue weighted by Crippen LogP contribution is -2.66. The number of amides is 10. The number of alkyl halides is 2. The summed E-state index contributed by atoms with van der Waals surface area (Å²) in [6.07, 6.45) is 21.1. The highest BCUT2D eigenvalue weighted by Gasteiger charge is 2.74. The van der Waals surface area contributed by atoms with Crippen LogP contribution in [-0.4, -0.2) is 210 Å². The summed E-state index contributed by atoms with van der Waals surface area (Å²) in [6.45, 7) is 16.0. The van der Waals surface area contributed by atoms with Crippen LogP contribution in [-0.2, 0) is 43.1 Å². The Labute approximate surface area is 688 Å². The van der Waals surface area contributed by atoms with Crippen LogP contribution in [0, 0.1) is 58.2 Å². The minimum atomic E-state index is -1.97. The minimum Gasteiger partial charge on any atom is -0.494 e. The van der Waals surface area contributed by atoms with Crippen molar-refractivity contribution in [1.29, 1.82) is 0 Å². The van der Waals surface area contributed by atoms with Crippen molar-refractivity contribution in [2.75, 3.05) is 62.3 Å². The third kappa shape index (κ3) is 16.9. The molecule has 29 heteroatoms. The number of aliphatic carboxylic acids is 1. The lowest BCUT2D eigenvalue weighted by atomic mass is 9.48. The van der Waals surface area contributed by atoms with Crippen molar-refractivity contribution in [2.24, 2.45) is 63.9 Å². The van der Waals surface area contributed by atoms with E-state index in [1.165, 1.54) is 53.4 Å². The van der Waals surface area contributed by atoms with Crippen LogP contribution < -0.4 is 35.6 Å². The zero-order valence-electron chi connectivity index (χ0n) is 69.2. The lowest BCUT2D eigenvalue weighted by Gasteiger charge is -2.59. The Kier molecular flexibility index (Phi) is 26.9. The van der Waals surface area contributed by atoms with E-state index in [0.717, 1.165) is 75.8 Å². The Morgan fingerprint density at radius 3 is 1.47 bits per heavy atom. The number of urea groups is 2. The smallest absolute Gasteiger partial charge is 0.424 e. The van der Waals surface area contributed by atoms with Crippen LogP contribution >= 0.6 is 0 Å². The molecule has 4 unspecified atom stereocenters. The van der Waals surface area contributed by atoms with Gasteiger partial charge in [0.15, 0.2) is 28.5 Å². The van der Waals surface area contributed by atoms with Crippen molar-refractivity contribution in [2.45, 2.75) is 255 Å². The molecule has 2 aromatic carbocycles. The van der Waals surface area contributed by atoms with Gasteiger partial charge in [0.2, 0.25) is 17.7 Å². The number of hydrogen-bond acceptors (Lipinski definition) is 19. The normalized spacial score (nSPS) is 34.0. The summed E-state index contributed by atoms with van der Waals surface area (Å²) in [5.41, 5.74) is -2.24. The predicted octanol–water partition coefficient (Wildman–Crippen LogP) is 10.6. The van der Waals surface area contributed by atoms with Gasteiger partial charge in [0.1, 0.15) is 34.8 Å². The topological polar surface area (TPSA) is 383 Å². The number of carboxylic acids is 1. The zero-order valence-corrected chi connectivity index (χ0v) is 69.2. The number of likely N-dealkylation sites (tertiary alicyclic amines) is 1. The molecule has 8 aliphatic carbocycles. The molecule has 12 aliphatic rings. The van der Waals surface area contributed by atoms with Gasteiger partial charge in [-0.15, -0.1) is 0 Å². The number of ketones is 2. The number of aliphatic hydroxyl groups excluding tert-OH is 2. The van der Waals surface area contributed by atoms with Crippen molar-refractivity contribution in [3.63, 3.8) is 0 Å². The molecule has 9 N–H and O–H groups in total. The summed E-state index contributed by atoms with van der Waals surface area (Å²) in [5.74, 6) is -6.35. The highest BCUT2D eigenvalue weighted by atomic mass is 19.1. The molecule has 0 radical (unpaired) electrons. The maximum Gasteiger partial charge on any atom is 0.424 e. The van der Waals surface area contributed by atoms with Crippen LogP contribution in [0.15, 0.2) is 96.1 Å². The number of aliphatic hydroxyl groups is 4. The molecule has 2 aromatic rings. The van der Waals surface area contributed by atoms with E-state index >= 15 is 8.78 Å². The van der Waals surface area contributed by atoms with E-state index in [4.69, 9.17) is 19.9 Å². The Balaban J connectivity index is 0.000000175. The number of carbonyl (C=O) groups excluding carboxylic acids is 10. The number of piperidine rings is 2. The highest BCUT2D eigenvalue weighted by Crippen LogP contribution is 2.69. The van der Waals surface area contributed by atoms with Crippen molar-refractivity contribution in [3.05, 3.63) is 96.1 Å². The molecular weight excluding hydrogens is 1520 g/mol. The Morgan fingerprint density at radius 1 is 0.568 bits per heavy atom. The molecule has 10 fully saturated rings. The van der Waals surface area contributed by atoms with Crippen LogP contribution in [0.4, 0.5) is 34.5 Å². The van der Waals surface area contributed by atoms with E-state index in [9.17, 15) is 78.3 Å². The van der Waals surface area contributed by atoms with Crippen molar-refractivity contribution >= 4 is 76.6 Å². The minimum absolute atomic E-state index is 0.00173. The molecule has 6 saturated carbocycles. The number of ether oxygens (including phenoxy) is 3. The van der Waals surface area contributed by atoms with Gasteiger partial charge < -0.3 is 60.6 Å². The standard InChI is InChI=1S/C42H55FN4O8.C27H40N4O6.C20H25FO5/c1-26-23-31-32-14-9-27-24-29(48)17-18-40(27,2)42(32,43)35(49)25-33(31)41(26,54)38(52)44-19-7-5-3-4-6-8-22-55-30-12-10-28(11-13-30)46-20-21-47(39(46)53)34-15-16-36(50)45-37(34)51;1-27(2,3)37-26(35)31-23(32)15-14-22(24(31)33)30-18-17-29(25(30)34)20-10-12-21(13-11-20)36-19-9-7-5-4-6-8-16-28;1-10-7-13-14-4-3-11-8-12(22)5-6-18(11,2)20(14,21)16(23)9-15(13)19(10,26)17(24)25/h10-13,17-18,24,26,31-35,49,54H,3-9,14-16,19-23,25H2,1-2H3,(H,44,52)(H,45,50,51);10-13,22H,4-9,14-19,28H2,1-3H3;5-6,8,10,13-16,23,26H,3-4,7,9H2,1-2H3,(H,24,25)/t26-,31-,32+,33+,34?,35+,40?,41-,42+;;10-,13?,14+,15+,16+,18+,19-,20+/m1.1/s1. The second-order valence-corrected chi connectivity index (χ2v) is 36.1. The summed E-state index contributed by atoms with van der Waals surface area (Å²) in [6, 6.07) is 12.6. The SMILES string of the molecule is CC(C)(C)OC(=O)N1C(=O)CCC(N2CCN(c3ccc(OCCCCCCCCN)cc3)C2=O)C1=O.C[C@@H]1CC2[C@H](C[C@H](O)[C@@]3(F)[C@H]2CCC2=CC(=O)C=C[C@@]23C)[C@@]1(O)C(=O)O.C[C@@H]1C[C@H]2[C@H](C[C@H](O)[C@@]3(F)[C@H]2CCC2=CC(=O)C=CC23C)[C@@]1(O)C(=O)NCCCCCCCCOc1ccc(N2CCN(C3CCC(=O)NC3=O)C2=O)cc1. The highest BCUT2D eigenvalue weighted by molar-refractivity contribution is 6.13. The van der Waals surface area contributed by atoms with Gasteiger partial charge in [-0.05, 0) is 228 Å². The van der Waals surface area contributed by atoms with E-state index in [2.05, 4.69) is 10.6 Å². The van der Waals surface area contributed by atoms with Crippen molar-refractivity contribution < 1.29 is 101 Å². The molecule has 0 bridgehead atoms. The van der Waals surface area contributed by atoms with E-state index < -0.39 is 129 Å². The van der Waals surface area contributed by atoms with Crippen molar-refractivity contribution in [3.8, 4) is 11.5 Å². The molecule has 0 spiro atoms. The molecule has 18 atom stereocenters. The maximum absolute atomic E-state index is 17.2. The number of carbonyl (C=O) groups is 11. The number of hydrogen-bond donors (Lipinski definition) is 8. The maximum atomic E-state index is 17.2. The first-order valence-electron chi connectivity index (χ1n) is 42.8. The average Bonchev–Trinajstić information content (AvgIpc) is 1.32. The second-order valence-electron chi connectivity index (χ2n) is 36.1. The van der Waals surface area contributed by atoms with Crippen LogP contribution in [0.3, 0.4) is 0 Å². The van der Waals surface area contributed by atoms with Gasteiger partial charge in [0, 0.05) is 91.4 Å². The number of unbranched alkanes of at least 4 members (excludes halogenated alkanes) is 10. The summed E-state index contributed by atoms with van der Waals surface area (Å²) >= 11 is 0. The molecule has 4 saturated heterocycles. The van der Waals surface area contributed by atoms with Crippen LogP contribution in [0.5, 0.6) is 11.5 Å². The van der Waals surface area contributed by atoms with E-state index in [-0.39, 0.29) is 79.4 Å². The number of benzene rings is 2. The quantitative estimate of drug-likeness (QED) is 0.0338. The Bertz CT molecular complexity index is 4260. The molecule has 118 heavy (non-hydrogen) atoms. The van der Waals surface area contributed by atoms with Crippen LogP contribution in [0.2, 0.25) is 0 Å². The van der Waals surface area contributed by atoms with Gasteiger partial charge in [-0.1, -0.05) is 88.5 Å². The number of allylic oxidation sites excluding steroid dienone is 8. The van der Waals surface area contributed by atoms with Gasteiger partial charge >= 0.3 is 24.1 Å². The molecule has 4 heterocycles. The number of rotatable bonds is 25. The number of imide groups is 4. The lowest BCUT2D eigenvalue weighted by molar-refractivity contribution is -0.198. The van der Waals surface area contributed by atoms with Crippen LogP contribution in [0.1, 0.15) is 203 Å². The summed E-state index contributed by atoms with van der Waals surface area (Å²) in [7, 11) is 0. The van der Waals surface area contributed by atoms with Gasteiger partial charge in [0.05, 0.1) is 25.4 Å². The number of carboxylic acid groups (broad SMARTS) is 1. The summed E-state index contributed by atoms with van der Waals surface area (Å²) in [4.78, 5) is 144. The number of fused-ring (bicyclic) bond motifs is 10. The van der Waals surface area contributed by atoms with E-state index in [1.807, 2.05) is 55.5 Å². The fraction of sp³-hybridized carbons (Fsp3) is 0.652. The fourth-order valence-corrected chi connectivity index (χ4v) is 21.7. The van der Waals surface area contributed by atoms with E-state index in [0.29, 0.717) is 118 Å². The number of nitrogens with two attached hydrogens (primary N) is 1. The average molecular weight is 1640 g/mol. The van der Waals surface area contributed by atoms with Gasteiger partial charge in [-0.2, -0.15) is 4.90 Å². The first-order valence-corrected chi connectivity index (χ1v) is 42.8. The first kappa shape index (κ1) is 88.5. The van der Waals surface area contributed by atoms with Crippen LogP contribution in [0.25, 0.3) is 0 Å². The second kappa shape index (κ2) is 35.9. The Hall–Kier alpha value is -8.77. The molecule has 10 amide bonds. The summed E-state index contributed by atoms with van der Waals surface area (Å²) in [5, 5.41) is 59.9. The number of nitrogens with zero attached hydrogens (tertiary/aromatic N) is 5. The number of anilines is 2. The molecule has 27 nitrogen and oxygen atoms in total. The largest absolute Gasteiger partial charge is 0.494 e. The van der Waals surface area contributed by atoms with Crippen molar-refractivity contribution in [1.82, 2.24) is 25.3 Å². The monoisotopic (exact) mass is 1640 g/mol. The van der Waals surface area contributed by atoms with Gasteiger partial charge in [-0.25, -0.2) is 28.0 Å². The van der Waals surface area contributed by atoms with Gasteiger partial charge in [0.25, 0.3) is 11.8 Å². The Morgan fingerprint density at radius 2 is 1.01 bits per heavy atom. The molecular formula is C89H120F2N8O19. The van der Waals surface area contributed by atoms with E-state index in [1.54, 1.807) is 63.5 Å². The number of halogens is 2. The number of nitrogens with one attached hydrogen (secondary N) is 2. The predicted molar refractivity (Wildman–Crippen MR) is 432 cm³/mol. The van der Waals surface area contributed by atoms with Gasteiger partial charge in [-0.3, -0.25) is 48.7 Å². The molecule has 4 aliphatic heterocycles. The first-order chi connectivity index (χ1) is 56.0. The zero-order chi connectivity index (χ0) is 85.2. The molecule has 0 aromatic heterocycles. The fourth-order valence-electron chi connectivity index (χ4n) is 21.7. The molecule has 14 rings (SSSR count). The third-order valence-electron chi connectivity index (χ3n) is 28.1. The molecule has 644 valence electrons. The summed E-state index contributed by atoms with van der Waals surface area (Å²) < 4.78 is 50.8. The third-order valence-corrected chi connectivity index (χ3v) is 28.1.